The standard InChI is InChI=1S/C18H16BrCl2N3O2S/c1-23(27(25,26)18-16(20)7-15(19)8-17(18)21)10-14-9-22-24(12-14)11-13-5-3-2-4-6-13/h2-9,12H,10-11H2,1H3. The molecule has 27 heavy (non-hydrogen) atoms. The Bertz CT molecular complexity index is 1030. The molecule has 1 heterocycles. The summed E-state index contributed by atoms with van der Waals surface area (Å²) in [4.78, 5) is -0.104. The molecule has 0 fully saturated rings. The Morgan fingerprint density at radius 1 is 1.11 bits per heavy atom. The minimum Gasteiger partial charge on any atom is -0.268 e. The van der Waals surface area contributed by atoms with Crippen LogP contribution in [-0.4, -0.2) is 29.6 Å². The zero-order valence-electron chi connectivity index (χ0n) is 14.3. The highest BCUT2D eigenvalue weighted by atomic mass is 79.9. The van der Waals surface area contributed by atoms with Gasteiger partial charge in [0.15, 0.2) is 0 Å². The Balaban J connectivity index is 1.78. The van der Waals surface area contributed by atoms with Crippen molar-refractivity contribution in [3.8, 4) is 0 Å². The maximum Gasteiger partial charge on any atom is 0.246 e. The molecule has 3 rings (SSSR count). The van der Waals surface area contributed by atoms with Crippen LogP contribution in [0.2, 0.25) is 10.0 Å². The van der Waals surface area contributed by atoms with Gasteiger partial charge in [0.05, 0.1) is 22.8 Å². The number of hydrogen-bond donors (Lipinski definition) is 0. The zero-order valence-corrected chi connectivity index (χ0v) is 18.2. The highest BCUT2D eigenvalue weighted by Gasteiger charge is 2.27. The van der Waals surface area contributed by atoms with Crippen LogP contribution in [0, 0.1) is 0 Å². The van der Waals surface area contributed by atoms with Crippen molar-refractivity contribution in [3.63, 3.8) is 0 Å². The first kappa shape index (κ1) is 20.4. The van der Waals surface area contributed by atoms with Crippen LogP contribution in [0.1, 0.15) is 11.1 Å². The Hall–Kier alpha value is -1.38. The molecule has 3 aromatic rings. The van der Waals surface area contributed by atoms with E-state index >= 15 is 0 Å². The molecule has 5 nitrogen and oxygen atoms in total. The molecule has 0 amide bonds. The van der Waals surface area contributed by atoms with Crippen molar-refractivity contribution in [2.24, 2.45) is 0 Å². The minimum atomic E-state index is -3.85. The van der Waals surface area contributed by atoms with Crippen molar-refractivity contribution in [2.45, 2.75) is 18.0 Å². The van der Waals surface area contributed by atoms with Crippen molar-refractivity contribution in [2.75, 3.05) is 7.05 Å². The Labute approximate surface area is 176 Å². The van der Waals surface area contributed by atoms with Crippen LogP contribution >= 0.6 is 39.1 Å². The SMILES string of the molecule is CN(Cc1cnn(Cc2ccccc2)c1)S(=O)(=O)c1c(Cl)cc(Br)cc1Cl. The summed E-state index contributed by atoms with van der Waals surface area (Å²) in [5.41, 5.74) is 1.88. The van der Waals surface area contributed by atoms with E-state index in [0.717, 1.165) is 11.1 Å². The quantitative estimate of drug-likeness (QED) is 0.499. The van der Waals surface area contributed by atoms with Crippen LogP contribution in [0.15, 0.2) is 64.2 Å². The summed E-state index contributed by atoms with van der Waals surface area (Å²) in [5.74, 6) is 0. The first-order valence-electron chi connectivity index (χ1n) is 7.93. The predicted molar refractivity (Wildman–Crippen MR) is 111 cm³/mol. The van der Waals surface area contributed by atoms with E-state index in [4.69, 9.17) is 23.2 Å². The molecule has 0 saturated carbocycles. The molecule has 0 aliphatic rings. The Morgan fingerprint density at radius 2 is 1.74 bits per heavy atom. The molecule has 2 aromatic carbocycles. The number of halogens is 3. The lowest BCUT2D eigenvalue weighted by Crippen LogP contribution is -2.27. The number of benzene rings is 2. The summed E-state index contributed by atoms with van der Waals surface area (Å²) < 4.78 is 29.4. The summed E-state index contributed by atoms with van der Waals surface area (Å²) in [5, 5.41) is 4.44. The number of nitrogens with zero attached hydrogens (tertiary/aromatic N) is 3. The fraction of sp³-hybridized carbons (Fsp3) is 0.167. The molecule has 0 spiro atoms. The van der Waals surface area contributed by atoms with Gasteiger partial charge in [0.1, 0.15) is 4.90 Å². The number of aromatic nitrogens is 2. The van der Waals surface area contributed by atoms with Crippen molar-refractivity contribution in [3.05, 3.63) is 80.5 Å². The predicted octanol–water partition coefficient (Wildman–Crippen LogP) is 4.82. The van der Waals surface area contributed by atoms with Gasteiger partial charge in [-0.15, -0.1) is 0 Å². The van der Waals surface area contributed by atoms with Crippen LogP contribution in [0.4, 0.5) is 0 Å². The van der Waals surface area contributed by atoms with Gasteiger partial charge in [-0.3, -0.25) is 4.68 Å². The highest BCUT2D eigenvalue weighted by Crippen LogP contribution is 2.34. The van der Waals surface area contributed by atoms with E-state index in [0.29, 0.717) is 11.0 Å². The molecule has 0 saturated heterocycles. The van der Waals surface area contributed by atoms with E-state index in [2.05, 4.69) is 21.0 Å². The topological polar surface area (TPSA) is 55.2 Å². The summed E-state index contributed by atoms with van der Waals surface area (Å²) in [6.07, 6.45) is 3.48. The minimum absolute atomic E-state index is 0.0704. The molecule has 0 radical (unpaired) electrons. The van der Waals surface area contributed by atoms with Crippen molar-refractivity contribution in [1.82, 2.24) is 14.1 Å². The second kappa shape index (κ2) is 8.32. The fourth-order valence-corrected chi connectivity index (χ4v) is 5.65. The maximum absolute atomic E-state index is 12.9. The van der Waals surface area contributed by atoms with Crippen molar-refractivity contribution >= 4 is 49.2 Å². The summed E-state index contributed by atoms with van der Waals surface area (Å²) >= 11 is 15.5. The molecule has 0 N–H and O–H groups in total. The number of rotatable bonds is 6. The molecular formula is C18H16BrCl2N3O2S. The van der Waals surface area contributed by atoms with Gasteiger partial charge in [0, 0.05) is 29.8 Å². The number of hydrogen-bond acceptors (Lipinski definition) is 3. The second-order valence-electron chi connectivity index (χ2n) is 5.99. The van der Waals surface area contributed by atoms with Crippen LogP contribution < -0.4 is 0 Å². The van der Waals surface area contributed by atoms with Crippen LogP contribution in [0.25, 0.3) is 0 Å². The first-order valence-corrected chi connectivity index (χ1v) is 10.9. The molecule has 1 aromatic heterocycles. The van der Waals surface area contributed by atoms with Gasteiger partial charge in [0.25, 0.3) is 0 Å². The Morgan fingerprint density at radius 3 is 2.37 bits per heavy atom. The average Bonchev–Trinajstić information content (AvgIpc) is 3.01. The monoisotopic (exact) mass is 487 g/mol. The maximum atomic E-state index is 12.9. The first-order chi connectivity index (χ1) is 12.8. The van der Waals surface area contributed by atoms with Crippen molar-refractivity contribution < 1.29 is 8.42 Å². The third-order valence-electron chi connectivity index (χ3n) is 3.91. The van der Waals surface area contributed by atoms with Gasteiger partial charge < -0.3 is 0 Å². The van der Waals surface area contributed by atoms with E-state index in [1.54, 1.807) is 10.9 Å². The molecular weight excluding hydrogens is 473 g/mol. The summed E-state index contributed by atoms with van der Waals surface area (Å²) in [6, 6.07) is 12.9. The Kier molecular flexibility index (Phi) is 6.28. The smallest absolute Gasteiger partial charge is 0.246 e. The normalized spacial score (nSPS) is 11.9. The lowest BCUT2D eigenvalue weighted by molar-refractivity contribution is 0.466. The average molecular weight is 489 g/mol. The van der Waals surface area contributed by atoms with Gasteiger partial charge in [-0.1, -0.05) is 69.5 Å². The lowest BCUT2D eigenvalue weighted by Gasteiger charge is -2.18. The molecule has 0 aliphatic heterocycles. The molecule has 0 aliphatic carbocycles. The summed E-state index contributed by atoms with van der Waals surface area (Å²) in [6.45, 7) is 0.765. The van der Waals surface area contributed by atoms with Crippen LogP contribution in [0.5, 0.6) is 0 Å². The van der Waals surface area contributed by atoms with E-state index in [-0.39, 0.29) is 21.5 Å². The van der Waals surface area contributed by atoms with Crippen LogP contribution in [0.3, 0.4) is 0 Å². The molecule has 142 valence electrons. The molecule has 0 atom stereocenters. The third-order valence-corrected chi connectivity index (χ3v) is 7.09. The van der Waals surface area contributed by atoms with Crippen LogP contribution in [-0.2, 0) is 23.1 Å². The zero-order chi connectivity index (χ0) is 19.6. The van der Waals surface area contributed by atoms with E-state index < -0.39 is 10.0 Å². The van der Waals surface area contributed by atoms with E-state index in [1.165, 1.54) is 23.5 Å². The largest absolute Gasteiger partial charge is 0.268 e. The van der Waals surface area contributed by atoms with E-state index in [1.807, 2.05) is 36.5 Å². The van der Waals surface area contributed by atoms with Gasteiger partial charge in [0.2, 0.25) is 10.0 Å². The number of sulfonamides is 1. The fourth-order valence-electron chi connectivity index (χ4n) is 2.62. The van der Waals surface area contributed by atoms with Gasteiger partial charge >= 0.3 is 0 Å². The van der Waals surface area contributed by atoms with E-state index in [9.17, 15) is 8.42 Å². The van der Waals surface area contributed by atoms with Gasteiger partial charge in [-0.25, -0.2) is 8.42 Å². The molecule has 9 heteroatoms. The lowest BCUT2D eigenvalue weighted by atomic mass is 10.2. The second-order valence-corrected chi connectivity index (χ2v) is 9.70. The van der Waals surface area contributed by atoms with Gasteiger partial charge in [-0.2, -0.15) is 9.40 Å². The molecule has 0 bridgehead atoms. The highest BCUT2D eigenvalue weighted by molar-refractivity contribution is 9.10. The molecule has 0 unspecified atom stereocenters. The van der Waals surface area contributed by atoms with Crippen molar-refractivity contribution in [1.29, 1.82) is 0 Å². The van der Waals surface area contributed by atoms with Gasteiger partial charge in [-0.05, 0) is 17.7 Å². The third kappa shape index (κ3) is 4.73. The summed E-state index contributed by atoms with van der Waals surface area (Å²) in [7, 11) is -2.37.